The van der Waals surface area contributed by atoms with Crippen molar-refractivity contribution in [1.29, 1.82) is 0 Å². The van der Waals surface area contributed by atoms with Gasteiger partial charge in [0.05, 0.1) is 11.8 Å². The highest BCUT2D eigenvalue weighted by atomic mass is 32.2. The summed E-state index contributed by atoms with van der Waals surface area (Å²) < 4.78 is 0. The van der Waals surface area contributed by atoms with Crippen LogP contribution in [0.3, 0.4) is 0 Å². The zero-order valence-corrected chi connectivity index (χ0v) is 9.56. The van der Waals surface area contributed by atoms with Gasteiger partial charge in [0.25, 0.3) is 0 Å². The molecular weight excluding hydrogens is 196 g/mol. The monoisotopic (exact) mass is 214 g/mol. The van der Waals surface area contributed by atoms with Crippen molar-refractivity contribution in [2.24, 2.45) is 11.7 Å². The van der Waals surface area contributed by atoms with Crippen molar-refractivity contribution < 1.29 is 4.79 Å². The van der Waals surface area contributed by atoms with Crippen molar-refractivity contribution in [3.8, 4) is 12.3 Å². The molecule has 0 aliphatic rings. The van der Waals surface area contributed by atoms with Crippen LogP contribution in [0.1, 0.15) is 13.8 Å². The van der Waals surface area contributed by atoms with Crippen molar-refractivity contribution in [3.05, 3.63) is 0 Å². The molecule has 0 aromatic carbocycles. The molecule has 2 unspecified atom stereocenters. The summed E-state index contributed by atoms with van der Waals surface area (Å²) in [5.41, 5.74) is 5.47. The van der Waals surface area contributed by atoms with Crippen LogP contribution in [0.4, 0.5) is 0 Å². The second-order valence-electron chi connectivity index (χ2n) is 3.24. The van der Waals surface area contributed by atoms with E-state index in [4.69, 9.17) is 12.2 Å². The van der Waals surface area contributed by atoms with Crippen LogP contribution in [0, 0.1) is 18.3 Å². The van der Waals surface area contributed by atoms with Crippen LogP contribution in [0.15, 0.2) is 0 Å². The molecule has 80 valence electrons. The number of terminal acetylenes is 1. The number of amides is 1. The number of rotatable bonds is 6. The van der Waals surface area contributed by atoms with Gasteiger partial charge in [-0.3, -0.25) is 4.79 Å². The molecule has 0 aliphatic heterocycles. The molecular formula is C10H18N2OS. The average Bonchev–Trinajstić information content (AvgIpc) is 2.21. The Kier molecular flexibility index (Phi) is 7.35. The SMILES string of the molecule is C#CCNC(=O)C(C)SCC(C)CN. The number of carbonyl (C=O) groups excluding carboxylic acids is 1. The molecule has 0 rings (SSSR count). The number of carbonyl (C=O) groups is 1. The zero-order chi connectivity index (χ0) is 11.0. The van der Waals surface area contributed by atoms with E-state index >= 15 is 0 Å². The summed E-state index contributed by atoms with van der Waals surface area (Å²) in [6.07, 6.45) is 5.03. The maximum atomic E-state index is 11.3. The Labute approximate surface area is 90.2 Å². The highest BCUT2D eigenvalue weighted by molar-refractivity contribution is 8.00. The number of hydrogen-bond acceptors (Lipinski definition) is 3. The Hall–Kier alpha value is -0.660. The summed E-state index contributed by atoms with van der Waals surface area (Å²) in [6.45, 7) is 4.90. The molecule has 0 saturated heterocycles. The average molecular weight is 214 g/mol. The molecule has 3 nitrogen and oxygen atoms in total. The molecule has 0 aromatic rings. The first-order chi connectivity index (χ1) is 6.61. The smallest absolute Gasteiger partial charge is 0.233 e. The lowest BCUT2D eigenvalue weighted by Gasteiger charge is -2.13. The van der Waals surface area contributed by atoms with Crippen LogP contribution in [-0.2, 0) is 4.79 Å². The first-order valence-electron chi connectivity index (χ1n) is 4.64. The third kappa shape index (κ3) is 5.90. The molecule has 14 heavy (non-hydrogen) atoms. The van der Waals surface area contributed by atoms with Gasteiger partial charge in [-0.25, -0.2) is 0 Å². The molecule has 2 atom stereocenters. The third-order valence-electron chi connectivity index (χ3n) is 1.77. The molecule has 4 heteroatoms. The minimum atomic E-state index is -0.0580. The lowest BCUT2D eigenvalue weighted by atomic mass is 10.2. The van der Waals surface area contributed by atoms with Gasteiger partial charge in [0.2, 0.25) is 5.91 Å². The molecule has 0 spiro atoms. The van der Waals surface area contributed by atoms with Gasteiger partial charge in [-0.05, 0) is 25.1 Å². The maximum absolute atomic E-state index is 11.3. The standard InChI is InChI=1S/C10H18N2OS/c1-4-5-12-10(13)9(3)14-7-8(2)6-11/h1,8-9H,5-7,11H2,2-3H3,(H,12,13). The largest absolute Gasteiger partial charge is 0.344 e. The van der Waals surface area contributed by atoms with Crippen LogP contribution in [-0.4, -0.2) is 30.0 Å². The summed E-state index contributed by atoms with van der Waals surface area (Å²) >= 11 is 1.61. The zero-order valence-electron chi connectivity index (χ0n) is 8.75. The first kappa shape index (κ1) is 13.3. The van der Waals surface area contributed by atoms with Gasteiger partial charge < -0.3 is 11.1 Å². The number of thioether (sulfide) groups is 1. The van der Waals surface area contributed by atoms with Gasteiger partial charge in [0, 0.05) is 0 Å². The van der Waals surface area contributed by atoms with Gasteiger partial charge in [-0.1, -0.05) is 12.8 Å². The molecule has 0 aliphatic carbocycles. The van der Waals surface area contributed by atoms with Crippen molar-refractivity contribution >= 4 is 17.7 Å². The van der Waals surface area contributed by atoms with E-state index in [-0.39, 0.29) is 11.2 Å². The van der Waals surface area contributed by atoms with Crippen molar-refractivity contribution in [3.63, 3.8) is 0 Å². The summed E-state index contributed by atoms with van der Waals surface area (Å²) in [5.74, 6) is 3.72. The molecule has 1 amide bonds. The van der Waals surface area contributed by atoms with Crippen molar-refractivity contribution in [2.45, 2.75) is 19.1 Å². The van der Waals surface area contributed by atoms with Crippen LogP contribution in [0.5, 0.6) is 0 Å². The van der Waals surface area contributed by atoms with Crippen molar-refractivity contribution in [1.82, 2.24) is 5.32 Å². The Morgan fingerprint density at radius 2 is 2.29 bits per heavy atom. The molecule has 0 radical (unpaired) electrons. The van der Waals surface area contributed by atoms with E-state index in [1.807, 2.05) is 6.92 Å². The second kappa shape index (κ2) is 7.72. The van der Waals surface area contributed by atoms with Crippen molar-refractivity contribution in [2.75, 3.05) is 18.8 Å². The fourth-order valence-corrected chi connectivity index (χ4v) is 1.72. The van der Waals surface area contributed by atoms with Gasteiger partial charge in [0.15, 0.2) is 0 Å². The number of hydrogen-bond donors (Lipinski definition) is 2. The molecule has 0 fully saturated rings. The minimum absolute atomic E-state index is 0.00262. The molecule has 3 N–H and O–H groups in total. The fraction of sp³-hybridized carbons (Fsp3) is 0.700. The quantitative estimate of drug-likeness (QED) is 0.631. The summed E-state index contributed by atoms with van der Waals surface area (Å²) in [4.78, 5) is 11.3. The fourth-order valence-electron chi connectivity index (χ4n) is 0.734. The van der Waals surface area contributed by atoms with E-state index in [1.54, 1.807) is 11.8 Å². The lowest BCUT2D eigenvalue weighted by Crippen LogP contribution is -2.31. The topological polar surface area (TPSA) is 55.1 Å². The number of nitrogens with two attached hydrogens (primary N) is 1. The minimum Gasteiger partial charge on any atom is -0.344 e. The highest BCUT2D eigenvalue weighted by Crippen LogP contribution is 2.14. The third-order valence-corrected chi connectivity index (χ3v) is 3.24. The maximum Gasteiger partial charge on any atom is 0.233 e. The Bertz CT molecular complexity index is 213. The predicted molar refractivity (Wildman–Crippen MR) is 62.0 cm³/mol. The van der Waals surface area contributed by atoms with Crippen LogP contribution in [0.2, 0.25) is 0 Å². The molecule has 0 saturated carbocycles. The van der Waals surface area contributed by atoms with E-state index in [1.165, 1.54) is 0 Å². The Morgan fingerprint density at radius 3 is 2.79 bits per heavy atom. The molecule has 0 bridgehead atoms. The Morgan fingerprint density at radius 1 is 1.64 bits per heavy atom. The van der Waals surface area contributed by atoms with Gasteiger partial charge in [0.1, 0.15) is 0 Å². The normalized spacial score (nSPS) is 14.1. The van der Waals surface area contributed by atoms with Gasteiger partial charge >= 0.3 is 0 Å². The Balaban J connectivity index is 3.68. The summed E-state index contributed by atoms with van der Waals surface area (Å²) in [6, 6.07) is 0. The van der Waals surface area contributed by atoms with E-state index in [9.17, 15) is 4.79 Å². The highest BCUT2D eigenvalue weighted by Gasteiger charge is 2.13. The first-order valence-corrected chi connectivity index (χ1v) is 5.69. The van der Waals surface area contributed by atoms with E-state index < -0.39 is 0 Å². The molecule has 0 aromatic heterocycles. The van der Waals surface area contributed by atoms with E-state index in [0.717, 1.165) is 5.75 Å². The number of nitrogens with one attached hydrogen (secondary N) is 1. The lowest BCUT2D eigenvalue weighted by molar-refractivity contribution is -0.120. The summed E-state index contributed by atoms with van der Waals surface area (Å²) in [7, 11) is 0. The molecule has 0 heterocycles. The summed E-state index contributed by atoms with van der Waals surface area (Å²) in [5, 5.41) is 2.59. The van der Waals surface area contributed by atoms with E-state index in [2.05, 4.69) is 18.2 Å². The van der Waals surface area contributed by atoms with Crippen LogP contribution in [0.25, 0.3) is 0 Å². The van der Waals surface area contributed by atoms with Crippen LogP contribution >= 0.6 is 11.8 Å². The second-order valence-corrected chi connectivity index (χ2v) is 4.61. The van der Waals surface area contributed by atoms with Gasteiger partial charge in [-0.2, -0.15) is 0 Å². The predicted octanol–water partition coefficient (Wildman–Crippen LogP) is 0.452. The van der Waals surface area contributed by atoms with Gasteiger partial charge in [-0.15, -0.1) is 18.2 Å². The van der Waals surface area contributed by atoms with E-state index in [0.29, 0.717) is 19.0 Å². The van der Waals surface area contributed by atoms with Crippen LogP contribution < -0.4 is 11.1 Å².